The Morgan fingerprint density at radius 2 is 0.980 bits per heavy atom. The summed E-state index contributed by atoms with van der Waals surface area (Å²) in [4.78, 5) is 11.0. The smallest absolute Gasteiger partial charge is 0.235 e. The number of hydrogen-bond acceptors (Lipinski definition) is 4. The molecule has 4 heterocycles. The van der Waals surface area contributed by atoms with Crippen LogP contribution < -0.4 is 0 Å². The van der Waals surface area contributed by atoms with E-state index in [1.165, 1.54) is 46.8 Å². The lowest BCUT2D eigenvalue weighted by Crippen LogP contribution is -2.03. The van der Waals surface area contributed by atoms with E-state index in [1.807, 2.05) is 11.3 Å². The average molecular weight is 686 g/mol. The largest absolute Gasteiger partial charge is 0.278 e. The summed E-state index contributed by atoms with van der Waals surface area (Å²) in [6.07, 6.45) is 0. The molecule has 238 valence electrons. The maximum Gasteiger partial charge on any atom is 0.235 e. The van der Waals surface area contributed by atoms with Crippen LogP contribution >= 0.6 is 22.7 Å². The first-order chi connectivity index (χ1) is 25.3. The third-order valence-electron chi connectivity index (χ3n) is 10.0. The molecule has 5 heteroatoms. The van der Waals surface area contributed by atoms with Gasteiger partial charge >= 0.3 is 0 Å². The highest BCUT2D eigenvalue weighted by Gasteiger charge is 2.22. The monoisotopic (exact) mass is 685 g/mol. The van der Waals surface area contributed by atoms with Gasteiger partial charge in [-0.25, -0.2) is 9.97 Å². The van der Waals surface area contributed by atoms with E-state index in [4.69, 9.17) is 9.97 Å². The van der Waals surface area contributed by atoms with Gasteiger partial charge in [-0.1, -0.05) is 115 Å². The van der Waals surface area contributed by atoms with Crippen molar-refractivity contribution in [3.8, 4) is 39.5 Å². The Bertz CT molecular complexity index is 3080. The van der Waals surface area contributed by atoms with Gasteiger partial charge < -0.3 is 0 Å². The number of nitrogens with zero attached hydrogens (tertiary/aromatic N) is 3. The second-order valence-electron chi connectivity index (χ2n) is 13.0. The Hall–Kier alpha value is -6.14. The van der Waals surface area contributed by atoms with Crippen LogP contribution in [0.1, 0.15) is 0 Å². The van der Waals surface area contributed by atoms with Crippen molar-refractivity contribution in [1.82, 2.24) is 14.5 Å². The molecule has 51 heavy (non-hydrogen) atoms. The summed E-state index contributed by atoms with van der Waals surface area (Å²) in [6.45, 7) is 0. The van der Waals surface area contributed by atoms with E-state index in [0.29, 0.717) is 5.95 Å². The molecule has 0 N–H and O–H groups in total. The minimum absolute atomic E-state index is 0.678. The Kier molecular flexibility index (Phi) is 6.29. The highest BCUT2D eigenvalue weighted by molar-refractivity contribution is 7.26. The number of para-hydroxylation sites is 1. The standard InChI is InChI=1S/C46H27N3S2/c1-3-13-28(14-4-1)30-25-31(29-15-5-2-6-16-29)27-32(26-30)43-45-44(35-19-9-12-22-39(35)51-45)48-46(47-43)49-36-20-10-7-17-33(36)41-37(49)23-24-40-42(41)34-18-8-11-21-38(34)50-40/h1-27H. The first-order valence-electron chi connectivity index (χ1n) is 17.1. The second kappa shape index (κ2) is 11.2. The molecular formula is C46H27N3S2. The quantitative estimate of drug-likeness (QED) is 0.185. The van der Waals surface area contributed by atoms with Crippen molar-refractivity contribution < 1.29 is 0 Å². The van der Waals surface area contributed by atoms with Gasteiger partial charge in [-0.2, -0.15) is 0 Å². The van der Waals surface area contributed by atoms with Gasteiger partial charge in [-0.15, -0.1) is 22.7 Å². The molecule has 11 aromatic rings. The third kappa shape index (κ3) is 4.42. The molecule has 11 rings (SSSR count). The normalized spacial score (nSPS) is 11.9. The van der Waals surface area contributed by atoms with Crippen LogP contribution in [0.3, 0.4) is 0 Å². The highest BCUT2D eigenvalue weighted by Crippen LogP contribution is 2.45. The predicted molar refractivity (Wildman–Crippen MR) is 218 cm³/mol. The minimum Gasteiger partial charge on any atom is -0.278 e. The fourth-order valence-corrected chi connectivity index (χ4v) is 9.99. The van der Waals surface area contributed by atoms with Gasteiger partial charge in [0.2, 0.25) is 5.95 Å². The molecule has 0 fully saturated rings. The summed E-state index contributed by atoms with van der Waals surface area (Å²) >= 11 is 3.63. The maximum atomic E-state index is 5.57. The zero-order chi connectivity index (χ0) is 33.5. The van der Waals surface area contributed by atoms with Gasteiger partial charge in [0.1, 0.15) is 0 Å². The van der Waals surface area contributed by atoms with E-state index in [2.05, 4.69) is 168 Å². The van der Waals surface area contributed by atoms with Crippen LogP contribution in [-0.2, 0) is 0 Å². The summed E-state index contributed by atoms with van der Waals surface area (Å²) in [5.41, 5.74) is 9.87. The second-order valence-corrected chi connectivity index (χ2v) is 15.1. The molecule has 3 nitrogen and oxygen atoms in total. The summed E-state index contributed by atoms with van der Waals surface area (Å²) in [5.74, 6) is 0.678. The van der Waals surface area contributed by atoms with Gasteiger partial charge in [0.05, 0.1) is 26.9 Å². The number of benzene rings is 7. The van der Waals surface area contributed by atoms with E-state index < -0.39 is 0 Å². The number of aromatic nitrogens is 3. The van der Waals surface area contributed by atoms with Crippen LogP contribution in [0.5, 0.6) is 0 Å². The SMILES string of the molecule is c1ccc(-c2cc(-c3ccccc3)cc(-c3nc(-n4c5ccccc5c5c6c(ccc54)sc4ccccc46)nc4c3sc3ccccc34)c2)cc1. The molecule has 0 saturated heterocycles. The Morgan fingerprint density at radius 1 is 0.392 bits per heavy atom. The Labute approximate surface area is 301 Å². The molecule has 0 unspecified atom stereocenters. The first-order valence-corrected chi connectivity index (χ1v) is 18.7. The van der Waals surface area contributed by atoms with Crippen molar-refractivity contribution in [3.05, 3.63) is 164 Å². The van der Waals surface area contributed by atoms with Crippen molar-refractivity contribution in [2.75, 3.05) is 0 Å². The Morgan fingerprint density at radius 3 is 1.71 bits per heavy atom. The summed E-state index contributed by atoms with van der Waals surface area (Å²) in [7, 11) is 0. The summed E-state index contributed by atoms with van der Waals surface area (Å²) in [6, 6.07) is 58.8. The average Bonchev–Trinajstić information content (AvgIpc) is 3.87. The molecule has 0 aliphatic heterocycles. The number of fused-ring (bicyclic) bond motifs is 10. The molecule has 4 aromatic heterocycles. The van der Waals surface area contributed by atoms with Crippen LogP contribution in [0.2, 0.25) is 0 Å². The fraction of sp³-hybridized carbons (Fsp3) is 0. The molecule has 0 aliphatic rings. The highest BCUT2D eigenvalue weighted by atomic mass is 32.1. The van der Waals surface area contributed by atoms with Crippen molar-refractivity contribution >= 4 is 85.0 Å². The lowest BCUT2D eigenvalue weighted by molar-refractivity contribution is 1.02. The van der Waals surface area contributed by atoms with Crippen LogP contribution in [0.25, 0.3) is 102 Å². The van der Waals surface area contributed by atoms with Gasteiger partial charge in [0.15, 0.2) is 0 Å². The zero-order valence-electron chi connectivity index (χ0n) is 27.2. The van der Waals surface area contributed by atoms with E-state index >= 15 is 0 Å². The zero-order valence-corrected chi connectivity index (χ0v) is 28.9. The molecule has 0 spiro atoms. The van der Waals surface area contributed by atoms with E-state index in [1.54, 1.807) is 11.3 Å². The first kappa shape index (κ1) is 28.7. The van der Waals surface area contributed by atoms with Crippen LogP contribution in [0.15, 0.2) is 164 Å². The summed E-state index contributed by atoms with van der Waals surface area (Å²) < 4.78 is 7.17. The van der Waals surface area contributed by atoms with E-state index in [9.17, 15) is 0 Å². The number of rotatable bonds is 4. The van der Waals surface area contributed by atoms with E-state index in [0.717, 1.165) is 49.0 Å². The molecule has 0 amide bonds. The molecule has 0 radical (unpaired) electrons. The maximum absolute atomic E-state index is 5.57. The van der Waals surface area contributed by atoms with Gasteiger partial charge in [0, 0.05) is 46.6 Å². The molecule has 0 aliphatic carbocycles. The minimum atomic E-state index is 0.678. The molecule has 0 bridgehead atoms. The fourth-order valence-electron chi connectivity index (χ4n) is 7.72. The number of hydrogen-bond donors (Lipinski definition) is 0. The molecular weight excluding hydrogens is 659 g/mol. The van der Waals surface area contributed by atoms with Crippen molar-refractivity contribution in [2.45, 2.75) is 0 Å². The van der Waals surface area contributed by atoms with Crippen molar-refractivity contribution in [2.24, 2.45) is 0 Å². The lowest BCUT2D eigenvalue weighted by Gasteiger charge is -2.13. The Balaban J connectivity index is 1.26. The molecule has 0 atom stereocenters. The van der Waals surface area contributed by atoms with Crippen LogP contribution in [0.4, 0.5) is 0 Å². The van der Waals surface area contributed by atoms with Gasteiger partial charge in [-0.3, -0.25) is 4.57 Å². The third-order valence-corrected chi connectivity index (χ3v) is 12.3. The topological polar surface area (TPSA) is 30.7 Å². The van der Waals surface area contributed by atoms with E-state index in [-0.39, 0.29) is 0 Å². The molecule has 0 saturated carbocycles. The molecule has 7 aromatic carbocycles. The predicted octanol–water partition coefficient (Wildman–Crippen LogP) is 13.3. The van der Waals surface area contributed by atoms with Crippen LogP contribution in [-0.4, -0.2) is 14.5 Å². The van der Waals surface area contributed by atoms with Gasteiger partial charge in [-0.05, 0) is 70.8 Å². The van der Waals surface area contributed by atoms with Gasteiger partial charge in [0.25, 0.3) is 0 Å². The number of thiophene rings is 2. The van der Waals surface area contributed by atoms with Crippen molar-refractivity contribution in [1.29, 1.82) is 0 Å². The summed E-state index contributed by atoms with van der Waals surface area (Å²) in [5, 5.41) is 6.20. The lowest BCUT2D eigenvalue weighted by atomic mass is 9.95. The van der Waals surface area contributed by atoms with Crippen molar-refractivity contribution in [3.63, 3.8) is 0 Å². The van der Waals surface area contributed by atoms with Crippen LogP contribution in [0, 0.1) is 0 Å².